The van der Waals surface area contributed by atoms with Crippen LogP contribution in [-0.2, 0) is 0 Å². The molecule has 7 heteroatoms. The predicted octanol–water partition coefficient (Wildman–Crippen LogP) is 3.23. The summed E-state index contributed by atoms with van der Waals surface area (Å²) < 4.78 is 18.9. The number of nitrogens with one attached hydrogen (secondary N) is 1. The zero-order valence-corrected chi connectivity index (χ0v) is 12.7. The lowest BCUT2D eigenvalue weighted by molar-refractivity contribution is 0.386. The van der Waals surface area contributed by atoms with Gasteiger partial charge in [0.25, 0.3) is 0 Å². The first-order valence-electron chi connectivity index (χ1n) is 7.21. The molecule has 4 rings (SSSR count). The maximum atomic E-state index is 14.0. The van der Waals surface area contributed by atoms with Gasteiger partial charge in [0.15, 0.2) is 17.2 Å². The third kappa shape index (κ3) is 2.36. The highest BCUT2D eigenvalue weighted by Crippen LogP contribution is 2.29. The van der Waals surface area contributed by atoms with Crippen LogP contribution < -0.4 is 4.74 Å². The van der Waals surface area contributed by atoms with E-state index in [4.69, 9.17) is 4.74 Å². The molecule has 0 saturated heterocycles. The van der Waals surface area contributed by atoms with Crippen LogP contribution in [0.5, 0.6) is 5.75 Å². The van der Waals surface area contributed by atoms with Crippen molar-refractivity contribution >= 4 is 11.2 Å². The molecule has 6 nitrogen and oxygen atoms in total. The van der Waals surface area contributed by atoms with Crippen LogP contribution in [0.15, 0.2) is 48.9 Å². The fourth-order valence-corrected chi connectivity index (χ4v) is 2.47. The molecule has 0 aliphatic rings. The fourth-order valence-electron chi connectivity index (χ4n) is 2.47. The molecule has 118 valence electrons. The minimum absolute atomic E-state index is 0.185. The topological polar surface area (TPSA) is 76.6 Å². The number of aromatic amines is 1. The van der Waals surface area contributed by atoms with Crippen molar-refractivity contribution in [2.24, 2.45) is 0 Å². The number of ether oxygens (including phenoxy) is 1. The van der Waals surface area contributed by atoms with Crippen molar-refractivity contribution in [2.45, 2.75) is 0 Å². The summed E-state index contributed by atoms with van der Waals surface area (Å²) in [6.45, 7) is 0. The predicted molar refractivity (Wildman–Crippen MR) is 86.9 cm³/mol. The number of aromatic nitrogens is 5. The Bertz CT molecular complexity index is 1020. The van der Waals surface area contributed by atoms with Gasteiger partial charge in [-0.2, -0.15) is 5.10 Å². The van der Waals surface area contributed by atoms with Gasteiger partial charge in [0.1, 0.15) is 5.52 Å². The Balaban J connectivity index is 1.86. The van der Waals surface area contributed by atoms with Crippen molar-refractivity contribution in [2.75, 3.05) is 7.11 Å². The summed E-state index contributed by atoms with van der Waals surface area (Å²) >= 11 is 0. The van der Waals surface area contributed by atoms with E-state index >= 15 is 0 Å². The lowest BCUT2D eigenvalue weighted by atomic mass is 10.1. The summed E-state index contributed by atoms with van der Waals surface area (Å²) in [5.74, 6) is -0.265. The molecule has 4 aromatic rings. The largest absolute Gasteiger partial charge is 0.494 e. The second-order valence-electron chi connectivity index (χ2n) is 5.12. The third-order valence-electron chi connectivity index (χ3n) is 3.66. The molecule has 0 saturated carbocycles. The van der Waals surface area contributed by atoms with E-state index in [0.29, 0.717) is 28.1 Å². The van der Waals surface area contributed by atoms with Gasteiger partial charge in [-0.3, -0.25) is 10.1 Å². The maximum absolute atomic E-state index is 14.0. The Morgan fingerprint density at radius 2 is 2.04 bits per heavy atom. The van der Waals surface area contributed by atoms with Gasteiger partial charge in [0.2, 0.25) is 0 Å². The Labute approximate surface area is 136 Å². The summed E-state index contributed by atoms with van der Waals surface area (Å²) in [5, 5.41) is 7.01. The van der Waals surface area contributed by atoms with E-state index in [1.165, 1.54) is 13.2 Å². The van der Waals surface area contributed by atoms with Gasteiger partial charge < -0.3 is 4.74 Å². The molecule has 1 aromatic carbocycles. The molecule has 3 aromatic heterocycles. The van der Waals surface area contributed by atoms with E-state index in [2.05, 4.69) is 25.1 Å². The highest BCUT2D eigenvalue weighted by molar-refractivity contribution is 5.88. The van der Waals surface area contributed by atoms with Crippen LogP contribution in [-0.4, -0.2) is 32.3 Å². The van der Waals surface area contributed by atoms with Crippen LogP contribution in [0.2, 0.25) is 0 Å². The zero-order valence-electron chi connectivity index (χ0n) is 12.7. The maximum Gasteiger partial charge on any atom is 0.200 e. The van der Waals surface area contributed by atoms with Crippen LogP contribution in [0.4, 0.5) is 4.39 Å². The quantitative estimate of drug-likeness (QED) is 0.627. The lowest BCUT2D eigenvalue weighted by Crippen LogP contribution is -1.91. The summed E-state index contributed by atoms with van der Waals surface area (Å²) in [4.78, 5) is 13.0. The summed E-state index contributed by atoms with van der Waals surface area (Å²) in [5.41, 5.74) is 3.78. The summed E-state index contributed by atoms with van der Waals surface area (Å²) in [7, 11) is 1.43. The number of pyridine rings is 1. The second kappa shape index (κ2) is 5.69. The molecule has 0 amide bonds. The van der Waals surface area contributed by atoms with Gasteiger partial charge >= 0.3 is 0 Å². The van der Waals surface area contributed by atoms with Crippen LogP contribution in [0.3, 0.4) is 0 Å². The average molecular weight is 321 g/mol. The summed E-state index contributed by atoms with van der Waals surface area (Å²) in [6.07, 6.45) is 5.04. The number of fused-ring (bicyclic) bond motifs is 1. The number of rotatable bonds is 3. The monoisotopic (exact) mass is 321 g/mol. The molecule has 0 unspecified atom stereocenters. The van der Waals surface area contributed by atoms with E-state index in [0.717, 1.165) is 5.56 Å². The van der Waals surface area contributed by atoms with Crippen molar-refractivity contribution in [3.8, 4) is 28.3 Å². The van der Waals surface area contributed by atoms with Crippen molar-refractivity contribution in [1.82, 2.24) is 25.1 Å². The normalized spacial score (nSPS) is 10.9. The second-order valence-corrected chi connectivity index (χ2v) is 5.12. The molecular formula is C17H12FN5O. The van der Waals surface area contributed by atoms with E-state index < -0.39 is 5.82 Å². The van der Waals surface area contributed by atoms with Crippen LogP contribution >= 0.6 is 0 Å². The first kappa shape index (κ1) is 14.3. The van der Waals surface area contributed by atoms with Crippen molar-refractivity contribution < 1.29 is 9.13 Å². The van der Waals surface area contributed by atoms with E-state index in [-0.39, 0.29) is 5.75 Å². The average Bonchev–Trinajstić information content (AvgIpc) is 3.05. The SMILES string of the molecule is COc1ccc(-c2[nH]nc3ncc(-c4cccnc4)nc23)cc1F. The van der Waals surface area contributed by atoms with Gasteiger partial charge in [0.05, 0.1) is 24.7 Å². The zero-order chi connectivity index (χ0) is 16.5. The van der Waals surface area contributed by atoms with Gasteiger partial charge in [0, 0.05) is 23.5 Å². The van der Waals surface area contributed by atoms with Crippen LogP contribution in [0.25, 0.3) is 33.7 Å². The van der Waals surface area contributed by atoms with E-state index in [1.54, 1.807) is 30.7 Å². The van der Waals surface area contributed by atoms with Crippen LogP contribution in [0.1, 0.15) is 0 Å². The molecule has 0 aliphatic heterocycles. The van der Waals surface area contributed by atoms with E-state index in [1.807, 2.05) is 12.1 Å². The lowest BCUT2D eigenvalue weighted by Gasteiger charge is -2.04. The van der Waals surface area contributed by atoms with Crippen molar-refractivity contribution in [3.63, 3.8) is 0 Å². The number of benzene rings is 1. The first-order chi connectivity index (χ1) is 11.8. The van der Waals surface area contributed by atoms with Gasteiger partial charge in [-0.1, -0.05) is 0 Å². The van der Waals surface area contributed by atoms with E-state index in [9.17, 15) is 4.39 Å². The number of nitrogens with zero attached hydrogens (tertiary/aromatic N) is 4. The van der Waals surface area contributed by atoms with Crippen molar-refractivity contribution in [3.05, 3.63) is 54.7 Å². The van der Waals surface area contributed by atoms with Gasteiger partial charge in [-0.15, -0.1) is 0 Å². The number of hydrogen-bond donors (Lipinski definition) is 1. The third-order valence-corrected chi connectivity index (χ3v) is 3.66. The Hall–Kier alpha value is -3.35. The number of halogens is 1. The molecule has 0 atom stereocenters. The number of hydrogen-bond acceptors (Lipinski definition) is 5. The number of methoxy groups -OCH3 is 1. The fraction of sp³-hybridized carbons (Fsp3) is 0.0588. The molecular weight excluding hydrogens is 309 g/mol. The Kier molecular flexibility index (Phi) is 3.38. The van der Waals surface area contributed by atoms with Gasteiger partial charge in [-0.05, 0) is 30.3 Å². The minimum atomic E-state index is -0.450. The molecule has 0 spiro atoms. The smallest absolute Gasteiger partial charge is 0.200 e. The molecule has 0 fully saturated rings. The molecule has 0 bridgehead atoms. The first-order valence-corrected chi connectivity index (χ1v) is 7.21. The molecule has 1 N–H and O–H groups in total. The highest BCUT2D eigenvalue weighted by Gasteiger charge is 2.14. The minimum Gasteiger partial charge on any atom is -0.494 e. The standard InChI is InChI=1S/C17H12FN5O/c1-24-14-5-4-10(7-12(14)18)15-16-17(23-22-15)20-9-13(21-16)11-3-2-6-19-8-11/h2-9H,1H3,(H,20,22,23). The molecule has 0 radical (unpaired) electrons. The summed E-state index contributed by atoms with van der Waals surface area (Å²) in [6, 6.07) is 8.42. The Morgan fingerprint density at radius 3 is 2.79 bits per heavy atom. The molecule has 24 heavy (non-hydrogen) atoms. The highest BCUT2D eigenvalue weighted by atomic mass is 19.1. The Morgan fingerprint density at radius 1 is 1.12 bits per heavy atom. The molecule has 0 aliphatic carbocycles. The van der Waals surface area contributed by atoms with Crippen LogP contribution in [0, 0.1) is 5.82 Å². The number of H-pyrrole nitrogens is 1. The van der Waals surface area contributed by atoms with Gasteiger partial charge in [-0.25, -0.2) is 14.4 Å². The van der Waals surface area contributed by atoms with Crippen molar-refractivity contribution in [1.29, 1.82) is 0 Å². The molecule has 3 heterocycles.